The quantitative estimate of drug-likeness (QED) is 0.882. The Hall–Kier alpha value is -1.66. The van der Waals surface area contributed by atoms with E-state index in [0.717, 1.165) is 25.0 Å². The highest BCUT2D eigenvalue weighted by atomic mass is 32.1. The van der Waals surface area contributed by atoms with Crippen LogP contribution in [0.25, 0.3) is 0 Å². The highest BCUT2D eigenvalue weighted by Crippen LogP contribution is 2.28. The molecule has 0 spiro atoms. The number of aryl methyl sites for hydroxylation is 2. The van der Waals surface area contributed by atoms with Gasteiger partial charge < -0.3 is 14.4 Å². The number of furan rings is 1. The zero-order chi connectivity index (χ0) is 16.2. The summed E-state index contributed by atoms with van der Waals surface area (Å²) in [5, 5.41) is 10.2. The standard InChI is InChI=1S/C17H22N2O3S/c1-2-12(11-20)19(10-13-6-5-9-22-13)17(21)16-18-14-7-3-4-8-15(14)23-16/h5-6,9,12,20H,2-4,7-8,10-11H2,1H3. The lowest BCUT2D eigenvalue weighted by atomic mass is 10.0. The number of aliphatic hydroxyl groups excluding tert-OH is 1. The lowest BCUT2D eigenvalue weighted by Crippen LogP contribution is -2.41. The summed E-state index contributed by atoms with van der Waals surface area (Å²) in [6.45, 7) is 2.26. The molecule has 1 atom stereocenters. The number of carbonyl (C=O) groups excluding carboxylic acids is 1. The van der Waals surface area contributed by atoms with Gasteiger partial charge in [0.25, 0.3) is 5.91 Å². The van der Waals surface area contributed by atoms with Gasteiger partial charge >= 0.3 is 0 Å². The molecule has 23 heavy (non-hydrogen) atoms. The van der Waals surface area contributed by atoms with Gasteiger partial charge in [-0.3, -0.25) is 4.79 Å². The van der Waals surface area contributed by atoms with E-state index in [0.29, 0.717) is 23.7 Å². The Labute approximate surface area is 140 Å². The molecule has 0 aliphatic heterocycles. The maximum Gasteiger partial charge on any atom is 0.283 e. The SMILES string of the molecule is CCC(CO)N(Cc1ccco1)C(=O)c1nc2c(s1)CCCC2. The van der Waals surface area contributed by atoms with E-state index in [1.165, 1.54) is 22.6 Å². The number of aromatic nitrogens is 1. The highest BCUT2D eigenvalue weighted by Gasteiger charge is 2.28. The molecule has 3 rings (SSSR count). The van der Waals surface area contributed by atoms with Gasteiger partial charge in [0.15, 0.2) is 5.01 Å². The van der Waals surface area contributed by atoms with Crippen LogP contribution in [0.2, 0.25) is 0 Å². The molecule has 2 aromatic heterocycles. The van der Waals surface area contributed by atoms with Crippen molar-refractivity contribution >= 4 is 17.2 Å². The molecule has 124 valence electrons. The number of nitrogens with zero attached hydrogens (tertiary/aromatic N) is 2. The van der Waals surface area contributed by atoms with Crippen LogP contribution in [0.1, 0.15) is 52.3 Å². The van der Waals surface area contributed by atoms with Crippen molar-refractivity contribution in [1.82, 2.24) is 9.88 Å². The number of aliphatic hydroxyl groups is 1. The van der Waals surface area contributed by atoms with Gasteiger partial charge in [-0.2, -0.15) is 0 Å². The van der Waals surface area contributed by atoms with E-state index < -0.39 is 0 Å². The van der Waals surface area contributed by atoms with Crippen molar-refractivity contribution in [1.29, 1.82) is 0 Å². The first-order chi connectivity index (χ1) is 11.2. The maximum atomic E-state index is 13.0. The Morgan fingerprint density at radius 1 is 1.48 bits per heavy atom. The molecule has 0 fully saturated rings. The largest absolute Gasteiger partial charge is 0.467 e. The van der Waals surface area contributed by atoms with Crippen molar-refractivity contribution in [2.24, 2.45) is 0 Å². The monoisotopic (exact) mass is 334 g/mol. The number of hydrogen-bond donors (Lipinski definition) is 1. The van der Waals surface area contributed by atoms with E-state index in [9.17, 15) is 9.90 Å². The van der Waals surface area contributed by atoms with Crippen LogP contribution >= 0.6 is 11.3 Å². The van der Waals surface area contributed by atoms with Crippen molar-refractivity contribution in [2.75, 3.05) is 6.61 Å². The third-order valence-electron chi connectivity index (χ3n) is 4.32. The average molecular weight is 334 g/mol. The van der Waals surface area contributed by atoms with Crippen molar-refractivity contribution in [3.05, 3.63) is 39.7 Å². The van der Waals surface area contributed by atoms with Crippen LogP contribution in [0.4, 0.5) is 0 Å². The third-order valence-corrected chi connectivity index (χ3v) is 5.46. The van der Waals surface area contributed by atoms with Crippen molar-refractivity contribution in [2.45, 2.75) is 51.6 Å². The molecule has 2 aromatic rings. The molecule has 1 aliphatic carbocycles. The summed E-state index contributed by atoms with van der Waals surface area (Å²) in [7, 11) is 0. The second-order valence-electron chi connectivity index (χ2n) is 5.85. The lowest BCUT2D eigenvalue weighted by Gasteiger charge is -2.28. The van der Waals surface area contributed by atoms with Crippen LogP contribution in [0.3, 0.4) is 0 Å². The van der Waals surface area contributed by atoms with Crippen molar-refractivity contribution in [3.63, 3.8) is 0 Å². The van der Waals surface area contributed by atoms with Crippen molar-refractivity contribution in [3.8, 4) is 0 Å². The Morgan fingerprint density at radius 3 is 2.96 bits per heavy atom. The molecule has 1 aliphatic rings. The molecule has 0 saturated heterocycles. The fourth-order valence-corrected chi connectivity index (χ4v) is 4.06. The van der Waals surface area contributed by atoms with Crippen LogP contribution in [0.5, 0.6) is 0 Å². The molecule has 1 unspecified atom stereocenters. The highest BCUT2D eigenvalue weighted by molar-refractivity contribution is 7.13. The van der Waals surface area contributed by atoms with E-state index >= 15 is 0 Å². The number of amides is 1. The topological polar surface area (TPSA) is 66.6 Å². The number of thiazole rings is 1. The summed E-state index contributed by atoms with van der Waals surface area (Å²) in [5.41, 5.74) is 1.08. The first-order valence-corrected chi connectivity index (χ1v) is 8.97. The van der Waals surface area contributed by atoms with Gasteiger partial charge in [-0.15, -0.1) is 11.3 Å². The second-order valence-corrected chi connectivity index (χ2v) is 6.94. The maximum absolute atomic E-state index is 13.0. The van der Waals surface area contributed by atoms with Crippen LogP contribution in [0.15, 0.2) is 22.8 Å². The molecular weight excluding hydrogens is 312 g/mol. The molecule has 0 radical (unpaired) electrons. The predicted octanol–water partition coefficient (Wildman–Crippen LogP) is 3.03. The minimum absolute atomic E-state index is 0.0615. The van der Waals surface area contributed by atoms with E-state index in [-0.39, 0.29) is 18.6 Å². The first kappa shape index (κ1) is 16.2. The molecule has 0 saturated carbocycles. The summed E-state index contributed by atoms with van der Waals surface area (Å²) >= 11 is 1.51. The van der Waals surface area contributed by atoms with Gasteiger partial charge in [-0.25, -0.2) is 4.98 Å². The molecule has 0 bridgehead atoms. The molecule has 5 nitrogen and oxygen atoms in total. The normalized spacial score (nSPS) is 15.2. The van der Waals surface area contributed by atoms with Crippen molar-refractivity contribution < 1.29 is 14.3 Å². The summed E-state index contributed by atoms with van der Waals surface area (Å²) in [4.78, 5) is 20.5. The van der Waals surface area contributed by atoms with Crippen LogP contribution < -0.4 is 0 Å². The minimum Gasteiger partial charge on any atom is -0.467 e. The smallest absolute Gasteiger partial charge is 0.283 e. The van der Waals surface area contributed by atoms with Gasteiger partial charge in [0.2, 0.25) is 0 Å². The Bertz CT molecular complexity index is 623. The van der Waals surface area contributed by atoms with Gasteiger partial charge in [0.1, 0.15) is 5.76 Å². The number of hydrogen-bond acceptors (Lipinski definition) is 5. The van der Waals surface area contributed by atoms with Gasteiger partial charge in [-0.1, -0.05) is 6.92 Å². The number of fused-ring (bicyclic) bond motifs is 1. The van der Waals surface area contributed by atoms with Gasteiger partial charge in [0.05, 0.1) is 31.2 Å². The minimum atomic E-state index is -0.228. The van der Waals surface area contributed by atoms with E-state index in [1.807, 2.05) is 13.0 Å². The van der Waals surface area contributed by atoms with Crippen LogP contribution in [-0.2, 0) is 19.4 Å². The third kappa shape index (κ3) is 3.48. The molecule has 1 N–H and O–H groups in total. The van der Waals surface area contributed by atoms with E-state index in [2.05, 4.69) is 4.98 Å². The Kier molecular flexibility index (Phi) is 5.13. The van der Waals surface area contributed by atoms with Gasteiger partial charge in [0, 0.05) is 4.88 Å². The number of carbonyl (C=O) groups is 1. The summed E-state index contributed by atoms with van der Waals surface area (Å²) < 4.78 is 5.38. The first-order valence-electron chi connectivity index (χ1n) is 8.15. The summed E-state index contributed by atoms with van der Waals surface area (Å²) in [6, 6.07) is 3.42. The zero-order valence-electron chi connectivity index (χ0n) is 13.3. The molecule has 0 aromatic carbocycles. The summed E-state index contributed by atoms with van der Waals surface area (Å²) in [6.07, 6.45) is 6.60. The van der Waals surface area contributed by atoms with E-state index in [4.69, 9.17) is 4.42 Å². The fourth-order valence-electron chi connectivity index (χ4n) is 2.95. The van der Waals surface area contributed by atoms with E-state index in [1.54, 1.807) is 17.2 Å². The van der Waals surface area contributed by atoms with Gasteiger partial charge in [-0.05, 0) is 44.2 Å². The van der Waals surface area contributed by atoms with Crippen LogP contribution in [0, 0.1) is 0 Å². The summed E-state index contributed by atoms with van der Waals surface area (Å²) in [5.74, 6) is 0.605. The molecule has 6 heteroatoms. The molecule has 1 amide bonds. The second kappa shape index (κ2) is 7.27. The number of rotatable bonds is 6. The lowest BCUT2D eigenvalue weighted by molar-refractivity contribution is 0.0544. The Morgan fingerprint density at radius 2 is 2.30 bits per heavy atom. The average Bonchev–Trinajstić information content (AvgIpc) is 3.23. The zero-order valence-corrected chi connectivity index (χ0v) is 14.1. The molecule has 2 heterocycles. The predicted molar refractivity (Wildman–Crippen MR) is 88.5 cm³/mol. The van der Waals surface area contributed by atoms with Crippen LogP contribution in [-0.4, -0.2) is 33.5 Å². The fraction of sp³-hybridized carbons (Fsp3) is 0.529. The molecular formula is C17H22N2O3S. The Balaban J connectivity index is 1.85.